The number of aryl methyl sites for hydroxylation is 1. The molecule has 9 heteroatoms. The summed E-state index contributed by atoms with van der Waals surface area (Å²) in [6.45, 7) is 3.29. The smallest absolute Gasteiger partial charge is 0.233 e. The van der Waals surface area contributed by atoms with Crippen molar-refractivity contribution in [3.05, 3.63) is 54.1 Å². The first kappa shape index (κ1) is 17.9. The van der Waals surface area contributed by atoms with Gasteiger partial charge in [-0.1, -0.05) is 25.1 Å². The maximum atomic E-state index is 13.8. The summed E-state index contributed by atoms with van der Waals surface area (Å²) in [5.74, 6) is 1.11. The van der Waals surface area contributed by atoms with E-state index in [4.69, 9.17) is 5.73 Å². The molecule has 144 valence electrons. The topological polar surface area (TPSA) is 99.5 Å². The first-order valence-corrected chi connectivity index (χ1v) is 9.18. The van der Waals surface area contributed by atoms with Gasteiger partial charge in [-0.25, -0.2) is 14.1 Å². The van der Waals surface area contributed by atoms with Gasteiger partial charge in [-0.2, -0.15) is 15.1 Å². The van der Waals surface area contributed by atoms with Crippen molar-refractivity contribution in [2.75, 3.05) is 17.6 Å². The van der Waals surface area contributed by atoms with E-state index in [0.29, 0.717) is 47.4 Å². The summed E-state index contributed by atoms with van der Waals surface area (Å²) >= 11 is 0. The van der Waals surface area contributed by atoms with Crippen molar-refractivity contribution in [2.45, 2.75) is 26.3 Å². The summed E-state index contributed by atoms with van der Waals surface area (Å²) in [5, 5.41) is 7.40. The summed E-state index contributed by atoms with van der Waals surface area (Å²) < 4.78 is 17.4. The average molecular weight is 380 g/mol. The Bertz CT molecular complexity index is 1090. The number of benzene rings is 1. The van der Waals surface area contributed by atoms with Gasteiger partial charge < -0.3 is 11.1 Å². The lowest BCUT2D eigenvalue weighted by molar-refractivity contribution is 0.610. The molecule has 0 aliphatic heterocycles. The lowest BCUT2D eigenvalue weighted by Gasteiger charge is -2.09. The molecule has 28 heavy (non-hydrogen) atoms. The van der Waals surface area contributed by atoms with Crippen LogP contribution in [0.1, 0.15) is 18.9 Å². The van der Waals surface area contributed by atoms with Crippen LogP contribution in [0.4, 0.5) is 16.2 Å². The highest BCUT2D eigenvalue weighted by Gasteiger charge is 2.17. The molecule has 0 saturated heterocycles. The Labute approximate surface area is 161 Å². The molecule has 0 bridgehead atoms. The summed E-state index contributed by atoms with van der Waals surface area (Å²) in [4.78, 5) is 13.5. The monoisotopic (exact) mass is 380 g/mol. The number of anilines is 2. The average Bonchev–Trinajstić information content (AvgIpc) is 3.32. The van der Waals surface area contributed by atoms with Crippen LogP contribution in [0.15, 0.2) is 42.7 Å². The number of hydrogen-bond acceptors (Lipinski definition) is 6. The number of nitrogen functional groups attached to an aromatic ring is 1. The number of rotatable bonds is 7. The zero-order chi connectivity index (χ0) is 19.5. The van der Waals surface area contributed by atoms with Crippen molar-refractivity contribution >= 4 is 22.9 Å². The molecule has 0 radical (unpaired) electrons. The van der Waals surface area contributed by atoms with E-state index in [1.54, 1.807) is 23.0 Å². The van der Waals surface area contributed by atoms with Gasteiger partial charge in [0.05, 0.1) is 0 Å². The Hall–Kier alpha value is -3.49. The molecule has 8 nitrogen and oxygen atoms in total. The van der Waals surface area contributed by atoms with Crippen molar-refractivity contribution in [2.24, 2.45) is 0 Å². The highest BCUT2D eigenvalue weighted by atomic mass is 19.1. The number of nitrogens with zero attached hydrogens (tertiary/aromatic N) is 6. The number of nitrogens with one attached hydrogen (secondary N) is 1. The van der Waals surface area contributed by atoms with E-state index in [-0.39, 0.29) is 5.82 Å². The van der Waals surface area contributed by atoms with Gasteiger partial charge in [-0.15, -0.1) is 0 Å². The van der Waals surface area contributed by atoms with E-state index in [1.807, 2.05) is 22.9 Å². The fourth-order valence-corrected chi connectivity index (χ4v) is 3.09. The molecule has 0 fully saturated rings. The molecule has 3 N–H and O–H groups in total. The summed E-state index contributed by atoms with van der Waals surface area (Å²) in [6.07, 6.45) is 4.94. The molecule has 3 aromatic heterocycles. The molecule has 0 atom stereocenters. The highest BCUT2D eigenvalue weighted by molar-refractivity contribution is 5.84. The third-order valence-corrected chi connectivity index (χ3v) is 4.39. The third-order valence-electron chi connectivity index (χ3n) is 4.39. The van der Waals surface area contributed by atoms with Crippen LogP contribution in [0.3, 0.4) is 0 Å². The minimum absolute atomic E-state index is 0.218. The fourth-order valence-electron chi connectivity index (χ4n) is 3.09. The Morgan fingerprint density at radius 1 is 1.14 bits per heavy atom. The van der Waals surface area contributed by atoms with Crippen molar-refractivity contribution in [1.29, 1.82) is 0 Å². The molecule has 4 rings (SSSR count). The number of aromatic nitrogens is 6. The predicted octanol–water partition coefficient (Wildman–Crippen LogP) is 2.80. The molecular weight excluding hydrogens is 359 g/mol. The second kappa shape index (κ2) is 7.63. The Kier molecular flexibility index (Phi) is 4.88. The van der Waals surface area contributed by atoms with Crippen molar-refractivity contribution in [3.63, 3.8) is 0 Å². The maximum Gasteiger partial charge on any atom is 0.233 e. The zero-order valence-electron chi connectivity index (χ0n) is 15.5. The van der Waals surface area contributed by atoms with E-state index in [9.17, 15) is 4.39 Å². The van der Waals surface area contributed by atoms with Crippen LogP contribution in [0, 0.1) is 5.82 Å². The molecule has 0 amide bonds. The van der Waals surface area contributed by atoms with Crippen LogP contribution in [-0.4, -0.2) is 35.8 Å². The van der Waals surface area contributed by atoms with E-state index in [1.165, 1.54) is 6.07 Å². The minimum Gasteiger partial charge on any atom is -0.382 e. The van der Waals surface area contributed by atoms with Crippen molar-refractivity contribution in [3.8, 4) is 5.95 Å². The zero-order valence-corrected chi connectivity index (χ0v) is 15.5. The van der Waals surface area contributed by atoms with Crippen LogP contribution < -0.4 is 11.1 Å². The van der Waals surface area contributed by atoms with Gasteiger partial charge in [0.25, 0.3) is 0 Å². The van der Waals surface area contributed by atoms with Crippen LogP contribution >= 0.6 is 0 Å². The molecule has 3 heterocycles. The van der Waals surface area contributed by atoms with Gasteiger partial charge in [-0.3, -0.25) is 4.57 Å². The van der Waals surface area contributed by atoms with E-state index < -0.39 is 0 Å². The lowest BCUT2D eigenvalue weighted by atomic mass is 10.1. The second-order valence-electron chi connectivity index (χ2n) is 6.39. The number of hydrogen-bond donors (Lipinski definition) is 2. The lowest BCUT2D eigenvalue weighted by Crippen LogP contribution is -2.11. The van der Waals surface area contributed by atoms with Gasteiger partial charge >= 0.3 is 0 Å². The Morgan fingerprint density at radius 3 is 2.75 bits per heavy atom. The second-order valence-corrected chi connectivity index (χ2v) is 6.39. The van der Waals surface area contributed by atoms with E-state index in [2.05, 4.69) is 32.3 Å². The quantitative estimate of drug-likeness (QED) is 0.511. The molecule has 4 aromatic rings. The summed E-state index contributed by atoms with van der Waals surface area (Å²) in [5.41, 5.74) is 7.97. The predicted molar refractivity (Wildman–Crippen MR) is 106 cm³/mol. The van der Waals surface area contributed by atoms with Crippen molar-refractivity contribution in [1.82, 2.24) is 29.3 Å². The highest BCUT2D eigenvalue weighted by Crippen LogP contribution is 2.23. The molecule has 0 aliphatic carbocycles. The number of nitrogens with two attached hydrogens (primary N) is 1. The SMILES string of the molecule is CCCn1c(-n2cccn2)nc2c(N)nc(NCCc3ccccc3F)nc21. The standard InChI is InChI=1S/C19H21FN8/c1-2-11-27-17-15(24-19(27)28-12-5-9-23-28)16(21)25-18(26-17)22-10-8-13-6-3-4-7-14(13)20/h3-7,9,12H,2,8,10-11H2,1H3,(H3,21,22,25,26). The molecule has 0 unspecified atom stereocenters. The maximum absolute atomic E-state index is 13.8. The Morgan fingerprint density at radius 2 is 2.00 bits per heavy atom. The van der Waals surface area contributed by atoms with Gasteiger partial charge in [0, 0.05) is 25.5 Å². The first-order valence-electron chi connectivity index (χ1n) is 9.18. The molecule has 0 spiro atoms. The fraction of sp³-hybridized carbons (Fsp3) is 0.263. The Balaban J connectivity index is 1.63. The molecule has 0 saturated carbocycles. The van der Waals surface area contributed by atoms with Gasteiger partial charge in [-0.05, 0) is 30.5 Å². The van der Waals surface area contributed by atoms with Crippen LogP contribution in [0.2, 0.25) is 0 Å². The largest absolute Gasteiger partial charge is 0.382 e. The molecule has 0 aliphatic rings. The third kappa shape index (κ3) is 3.38. The normalized spacial score (nSPS) is 11.2. The first-order chi connectivity index (χ1) is 13.7. The van der Waals surface area contributed by atoms with Crippen LogP contribution in [0.5, 0.6) is 0 Å². The van der Waals surface area contributed by atoms with Crippen LogP contribution in [0.25, 0.3) is 17.1 Å². The molecule has 1 aromatic carbocycles. The number of fused-ring (bicyclic) bond motifs is 1. The van der Waals surface area contributed by atoms with Gasteiger partial charge in [0.15, 0.2) is 17.0 Å². The van der Waals surface area contributed by atoms with Gasteiger partial charge in [0.1, 0.15) is 5.82 Å². The van der Waals surface area contributed by atoms with E-state index in [0.717, 1.165) is 13.0 Å². The van der Waals surface area contributed by atoms with E-state index >= 15 is 0 Å². The van der Waals surface area contributed by atoms with Gasteiger partial charge in [0.2, 0.25) is 11.9 Å². The van der Waals surface area contributed by atoms with Crippen LogP contribution in [-0.2, 0) is 13.0 Å². The summed E-state index contributed by atoms with van der Waals surface area (Å²) in [6, 6.07) is 8.55. The number of halogens is 1. The van der Waals surface area contributed by atoms with Crippen molar-refractivity contribution < 1.29 is 4.39 Å². The number of imidazole rings is 1. The molecular formula is C19H21FN8. The summed E-state index contributed by atoms with van der Waals surface area (Å²) in [7, 11) is 0. The minimum atomic E-state index is -0.218.